The topological polar surface area (TPSA) is 50.4 Å². The summed E-state index contributed by atoms with van der Waals surface area (Å²) in [5.41, 5.74) is 2.13. The van der Waals surface area contributed by atoms with Crippen LogP contribution in [0.25, 0.3) is 0 Å². The van der Waals surface area contributed by atoms with E-state index < -0.39 is 0 Å². The summed E-state index contributed by atoms with van der Waals surface area (Å²) in [7, 11) is 3.39. The maximum absolute atomic E-state index is 12.1. The first-order valence-electron chi connectivity index (χ1n) is 5.97. The van der Waals surface area contributed by atoms with Gasteiger partial charge in [-0.25, -0.2) is 0 Å². The van der Waals surface area contributed by atoms with Gasteiger partial charge in [0.05, 0.1) is 12.8 Å². The minimum atomic E-state index is -0.148. The normalized spacial score (nSPS) is 9.79. The largest absolute Gasteiger partial charge is 0.495 e. The van der Waals surface area contributed by atoms with Crippen LogP contribution in [0.15, 0.2) is 48.5 Å². The first-order valence-corrected chi connectivity index (χ1v) is 5.97. The number of hydrogen-bond donors (Lipinski definition) is 2. The summed E-state index contributed by atoms with van der Waals surface area (Å²) in [5, 5.41) is 5.84. The molecule has 2 aromatic rings. The molecule has 4 nitrogen and oxygen atoms in total. The quantitative estimate of drug-likeness (QED) is 0.884. The van der Waals surface area contributed by atoms with E-state index in [0.29, 0.717) is 11.3 Å². The SMILES string of the molecule is CNc1cc(C(=O)Nc2ccccc2)ccc1OC. The molecule has 98 valence electrons. The summed E-state index contributed by atoms with van der Waals surface area (Å²) in [6.45, 7) is 0. The van der Waals surface area contributed by atoms with E-state index in [-0.39, 0.29) is 5.91 Å². The second kappa shape index (κ2) is 5.91. The highest BCUT2D eigenvalue weighted by atomic mass is 16.5. The molecule has 0 saturated heterocycles. The smallest absolute Gasteiger partial charge is 0.255 e. The third-order valence-electron chi connectivity index (χ3n) is 2.76. The molecule has 0 fully saturated rings. The molecule has 0 bridgehead atoms. The van der Waals surface area contributed by atoms with Crippen LogP contribution in [0.1, 0.15) is 10.4 Å². The van der Waals surface area contributed by atoms with Crippen LogP contribution in [0.3, 0.4) is 0 Å². The van der Waals surface area contributed by atoms with Crippen LogP contribution < -0.4 is 15.4 Å². The average Bonchev–Trinajstić information content (AvgIpc) is 2.47. The Bertz CT molecular complexity index is 568. The lowest BCUT2D eigenvalue weighted by Crippen LogP contribution is -2.12. The van der Waals surface area contributed by atoms with Crippen molar-refractivity contribution in [1.82, 2.24) is 0 Å². The molecule has 2 aromatic carbocycles. The number of hydrogen-bond acceptors (Lipinski definition) is 3. The zero-order valence-electron chi connectivity index (χ0n) is 10.9. The van der Waals surface area contributed by atoms with E-state index in [2.05, 4.69) is 10.6 Å². The Kier molecular flexibility index (Phi) is 4.03. The van der Waals surface area contributed by atoms with E-state index >= 15 is 0 Å². The molecule has 2 rings (SSSR count). The van der Waals surface area contributed by atoms with Gasteiger partial charge in [-0.3, -0.25) is 4.79 Å². The fourth-order valence-electron chi connectivity index (χ4n) is 1.77. The maximum atomic E-state index is 12.1. The summed E-state index contributed by atoms with van der Waals surface area (Å²) in [5.74, 6) is 0.559. The Labute approximate surface area is 112 Å². The summed E-state index contributed by atoms with van der Waals surface area (Å²) < 4.78 is 5.20. The molecule has 0 aromatic heterocycles. The molecule has 0 aliphatic carbocycles. The van der Waals surface area contributed by atoms with Crippen molar-refractivity contribution in [2.45, 2.75) is 0 Å². The molecule has 0 aliphatic rings. The molecule has 0 radical (unpaired) electrons. The van der Waals surface area contributed by atoms with Crippen LogP contribution in [0, 0.1) is 0 Å². The predicted octanol–water partition coefficient (Wildman–Crippen LogP) is 2.99. The van der Waals surface area contributed by atoms with E-state index in [4.69, 9.17) is 4.74 Å². The van der Waals surface area contributed by atoms with Crippen molar-refractivity contribution in [1.29, 1.82) is 0 Å². The Hall–Kier alpha value is -2.49. The molecule has 4 heteroatoms. The van der Waals surface area contributed by atoms with Gasteiger partial charge in [-0.2, -0.15) is 0 Å². The second-order valence-corrected chi connectivity index (χ2v) is 3.99. The highest BCUT2D eigenvalue weighted by Gasteiger charge is 2.09. The molecule has 0 heterocycles. The molecular formula is C15H16N2O2. The van der Waals surface area contributed by atoms with Gasteiger partial charge in [-0.05, 0) is 30.3 Å². The zero-order chi connectivity index (χ0) is 13.7. The fourth-order valence-corrected chi connectivity index (χ4v) is 1.77. The standard InChI is InChI=1S/C15H16N2O2/c1-16-13-10-11(8-9-14(13)19-2)15(18)17-12-6-4-3-5-7-12/h3-10,16H,1-2H3,(H,17,18). The van der Waals surface area contributed by atoms with Crippen LogP contribution in [-0.4, -0.2) is 20.1 Å². The van der Waals surface area contributed by atoms with Gasteiger partial charge in [0.2, 0.25) is 0 Å². The molecule has 0 unspecified atom stereocenters. The predicted molar refractivity (Wildman–Crippen MR) is 76.9 cm³/mol. The van der Waals surface area contributed by atoms with Crippen LogP contribution in [-0.2, 0) is 0 Å². The summed E-state index contributed by atoms with van der Waals surface area (Å²) in [4.78, 5) is 12.1. The van der Waals surface area contributed by atoms with Crippen molar-refractivity contribution in [3.05, 3.63) is 54.1 Å². The summed E-state index contributed by atoms with van der Waals surface area (Å²) in [6.07, 6.45) is 0. The van der Waals surface area contributed by atoms with Crippen LogP contribution in [0.5, 0.6) is 5.75 Å². The van der Waals surface area contributed by atoms with Gasteiger partial charge in [0.15, 0.2) is 0 Å². The lowest BCUT2D eigenvalue weighted by Gasteiger charge is -2.10. The Balaban J connectivity index is 2.20. The highest BCUT2D eigenvalue weighted by Crippen LogP contribution is 2.25. The number of ether oxygens (including phenoxy) is 1. The summed E-state index contributed by atoms with van der Waals surface area (Å²) >= 11 is 0. The van der Waals surface area contributed by atoms with Crippen molar-refractivity contribution >= 4 is 17.3 Å². The molecule has 0 saturated carbocycles. The molecule has 1 amide bonds. The monoisotopic (exact) mass is 256 g/mol. The number of anilines is 2. The van der Waals surface area contributed by atoms with Gasteiger partial charge in [0.25, 0.3) is 5.91 Å². The summed E-state index contributed by atoms with van der Waals surface area (Å²) in [6, 6.07) is 14.6. The number of carbonyl (C=O) groups is 1. The van der Waals surface area contributed by atoms with Crippen LogP contribution in [0.4, 0.5) is 11.4 Å². The van der Waals surface area contributed by atoms with Crippen molar-refractivity contribution < 1.29 is 9.53 Å². The fraction of sp³-hybridized carbons (Fsp3) is 0.133. The number of carbonyl (C=O) groups excluding carboxylic acids is 1. The molecule has 19 heavy (non-hydrogen) atoms. The van der Waals surface area contributed by atoms with Crippen molar-refractivity contribution in [3.8, 4) is 5.75 Å². The number of amides is 1. The minimum absolute atomic E-state index is 0.148. The molecule has 0 aliphatic heterocycles. The first-order chi connectivity index (χ1) is 9.24. The van der Waals surface area contributed by atoms with E-state index in [9.17, 15) is 4.79 Å². The van der Waals surface area contributed by atoms with Gasteiger partial charge in [-0.1, -0.05) is 18.2 Å². The van der Waals surface area contributed by atoms with E-state index in [1.807, 2.05) is 30.3 Å². The number of rotatable bonds is 4. The lowest BCUT2D eigenvalue weighted by molar-refractivity contribution is 0.102. The third kappa shape index (κ3) is 3.04. The Morgan fingerprint density at radius 3 is 2.47 bits per heavy atom. The van der Waals surface area contributed by atoms with Gasteiger partial charge in [0, 0.05) is 18.3 Å². The number of methoxy groups -OCH3 is 1. The highest BCUT2D eigenvalue weighted by molar-refractivity contribution is 6.05. The molecular weight excluding hydrogens is 240 g/mol. The lowest BCUT2D eigenvalue weighted by atomic mass is 10.1. The number of benzene rings is 2. The average molecular weight is 256 g/mol. The number of nitrogens with one attached hydrogen (secondary N) is 2. The van der Waals surface area contributed by atoms with Crippen LogP contribution >= 0.6 is 0 Å². The van der Waals surface area contributed by atoms with Gasteiger partial charge >= 0.3 is 0 Å². The molecule has 0 spiro atoms. The zero-order valence-corrected chi connectivity index (χ0v) is 10.9. The van der Waals surface area contributed by atoms with Gasteiger partial charge in [0.1, 0.15) is 5.75 Å². The van der Waals surface area contributed by atoms with E-state index in [1.54, 1.807) is 32.4 Å². The van der Waals surface area contributed by atoms with Gasteiger partial charge < -0.3 is 15.4 Å². The first kappa shape index (κ1) is 13.0. The van der Waals surface area contributed by atoms with Gasteiger partial charge in [-0.15, -0.1) is 0 Å². The van der Waals surface area contributed by atoms with Crippen molar-refractivity contribution in [2.24, 2.45) is 0 Å². The number of para-hydroxylation sites is 1. The molecule has 0 atom stereocenters. The molecule has 2 N–H and O–H groups in total. The minimum Gasteiger partial charge on any atom is -0.495 e. The van der Waals surface area contributed by atoms with E-state index in [0.717, 1.165) is 11.4 Å². The van der Waals surface area contributed by atoms with Crippen molar-refractivity contribution in [2.75, 3.05) is 24.8 Å². The third-order valence-corrected chi connectivity index (χ3v) is 2.76. The maximum Gasteiger partial charge on any atom is 0.255 e. The Morgan fingerprint density at radius 1 is 1.11 bits per heavy atom. The Morgan fingerprint density at radius 2 is 1.84 bits per heavy atom. The second-order valence-electron chi connectivity index (χ2n) is 3.99. The van der Waals surface area contributed by atoms with Crippen molar-refractivity contribution in [3.63, 3.8) is 0 Å². The van der Waals surface area contributed by atoms with Crippen LogP contribution in [0.2, 0.25) is 0 Å². The van der Waals surface area contributed by atoms with E-state index in [1.165, 1.54) is 0 Å².